The zero-order valence-electron chi connectivity index (χ0n) is 17.0. The topological polar surface area (TPSA) is 151 Å². The number of hydrogen-bond donors (Lipinski definition) is 3. The number of aromatic nitrogens is 2. The molecule has 0 radical (unpaired) electrons. The molecule has 0 aromatic carbocycles. The molecule has 4 N–H and O–H groups in total. The van der Waals surface area contributed by atoms with E-state index in [2.05, 4.69) is 15.5 Å². The molecule has 0 aliphatic carbocycles. The second-order valence-corrected chi connectivity index (χ2v) is 9.65. The molecule has 14 heteroatoms. The minimum absolute atomic E-state index is 0.0274. The molecule has 1 saturated heterocycles. The van der Waals surface area contributed by atoms with E-state index in [0.717, 1.165) is 17.0 Å². The summed E-state index contributed by atoms with van der Waals surface area (Å²) in [6.45, 7) is 2.32. The van der Waals surface area contributed by atoms with Crippen LogP contribution in [0.15, 0.2) is 32.7 Å². The Kier molecular flexibility index (Phi) is 6.17. The molecule has 0 unspecified atom stereocenters. The van der Waals surface area contributed by atoms with Gasteiger partial charge in [0.05, 0.1) is 5.38 Å². The average molecular weight is 496 g/mol. The number of oxime groups is 1. The third kappa shape index (κ3) is 3.96. The molecular weight excluding hydrogens is 476 g/mol. The minimum atomic E-state index is -1.17. The number of carboxylic acid groups (broad SMARTS) is 1. The van der Waals surface area contributed by atoms with E-state index in [9.17, 15) is 19.5 Å². The normalized spacial score (nSPS) is 20.6. The number of aliphatic carboxylic acids is 1. The summed E-state index contributed by atoms with van der Waals surface area (Å²) in [6, 6.07) is -0.892. The van der Waals surface area contributed by atoms with Crippen LogP contribution >= 0.6 is 34.4 Å². The van der Waals surface area contributed by atoms with E-state index >= 15 is 0 Å². The van der Waals surface area contributed by atoms with Crippen molar-refractivity contribution in [2.45, 2.75) is 24.9 Å². The number of carbonyl (C=O) groups is 3. The molecular formula is C18H19N6O5S3+. The zero-order valence-corrected chi connectivity index (χ0v) is 19.4. The Morgan fingerprint density at radius 3 is 2.84 bits per heavy atom. The predicted octanol–water partition coefficient (Wildman–Crippen LogP) is 0.172. The molecule has 4 rings (SSSR count). The number of thioether (sulfide) groups is 1. The van der Waals surface area contributed by atoms with Gasteiger partial charge in [0.15, 0.2) is 23.1 Å². The molecule has 2 amide bonds. The van der Waals surface area contributed by atoms with Gasteiger partial charge >= 0.3 is 5.97 Å². The van der Waals surface area contributed by atoms with Crippen LogP contribution in [-0.2, 0) is 25.8 Å². The number of carboxylic acids is 1. The highest BCUT2D eigenvalue weighted by atomic mass is 32.2. The molecule has 168 valence electrons. The van der Waals surface area contributed by atoms with Crippen molar-refractivity contribution in [1.82, 2.24) is 15.2 Å². The lowest BCUT2D eigenvalue weighted by molar-refractivity contribution is -0.690. The minimum Gasteiger partial charge on any atom is -0.477 e. The molecule has 2 aliphatic heterocycles. The zero-order chi connectivity index (χ0) is 23.0. The fourth-order valence-electron chi connectivity index (χ4n) is 3.43. The van der Waals surface area contributed by atoms with Gasteiger partial charge in [-0.15, -0.1) is 23.1 Å². The summed E-state index contributed by atoms with van der Waals surface area (Å²) in [7, 11) is 1.29. The number of hydrogen-bond acceptors (Lipinski definition) is 10. The van der Waals surface area contributed by atoms with Gasteiger partial charge in [0, 0.05) is 23.6 Å². The van der Waals surface area contributed by atoms with Gasteiger partial charge in [0.1, 0.15) is 29.9 Å². The van der Waals surface area contributed by atoms with Crippen LogP contribution in [0.25, 0.3) is 0 Å². The first-order valence-corrected chi connectivity index (χ1v) is 12.1. The smallest absolute Gasteiger partial charge is 0.352 e. The Bertz CT molecular complexity index is 1160. The first kappa shape index (κ1) is 22.2. The highest BCUT2D eigenvalue weighted by molar-refractivity contribution is 8.00. The van der Waals surface area contributed by atoms with Crippen molar-refractivity contribution in [3.8, 4) is 0 Å². The maximum atomic E-state index is 12.9. The molecule has 2 aromatic rings. The van der Waals surface area contributed by atoms with Gasteiger partial charge < -0.3 is 21.0 Å². The van der Waals surface area contributed by atoms with Gasteiger partial charge in [-0.1, -0.05) is 16.5 Å². The van der Waals surface area contributed by atoms with E-state index in [1.807, 2.05) is 22.4 Å². The van der Waals surface area contributed by atoms with Crippen LogP contribution in [0.2, 0.25) is 0 Å². The fraction of sp³-hybridized carbons (Fsp3) is 0.333. The number of fused-ring (bicyclic) bond motifs is 1. The van der Waals surface area contributed by atoms with Crippen LogP contribution in [-0.4, -0.2) is 62.8 Å². The standard InChI is InChI=1S/C18H18N6O5S3/c1-8-4-30-7-23(8)3-9-5-31-16-12(15(26)24(16)13(9)17(27)28)21-14(25)11(22-29-2)10-6-32-18(19)20-10/h4,6-7,12,16H,3,5H2,1-2H3,(H3-,19,20,21,25,27,28)/p+1/t12-,16+/m1/s1. The largest absolute Gasteiger partial charge is 0.477 e. The number of nitrogen functional groups attached to an aromatic ring is 1. The highest BCUT2D eigenvalue weighted by Gasteiger charge is 2.54. The van der Waals surface area contributed by atoms with Gasteiger partial charge in [0.25, 0.3) is 11.8 Å². The molecule has 0 bridgehead atoms. The van der Waals surface area contributed by atoms with Crippen LogP contribution < -0.4 is 15.6 Å². The van der Waals surface area contributed by atoms with Crippen LogP contribution in [0.1, 0.15) is 11.4 Å². The lowest BCUT2D eigenvalue weighted by Gasteiger charge is -2.49. The van der Waals surface area contributed by atoms with Gasteiger partial charge in [-0.05, 0) is 0 Å². The van der Waals surface area contributed by atoms with E-state index < -0.39 is 29.2 Å². The van der Waals surface area contributed by atoms with Crippen LogP contribution in [0, 0.1) is 6.92 Å². The van der Waals surface area contributed by atoms with Crippen molar-refractivity contribution in [3.05, 3.63) is 38.9 Å². The van der Waals surface area contributed by atoms with Crippen molar-refractivity contribution in [3.63, 3.8) is 0 Å². The number of nitrogens with one attached hydrogen (secondary N) is 1. The maximum absolute atomic E-state index is 12.9. The number of aryl methyl sites for hydroxylation is 1. The second kappa shape index (κ2) is 8.88. The summed E-state index contributed by atoms with van der Waals surface area (Å²) in [5.74, 6) is -1.90. The van der Waals surface area contributed by atoms with E-state index in [0.29, 0.717) is 17.9 Å². The van der Waals surface area contributed by atoms with Crippen LogP contribution in [0.5, 0.6) is 0 Å². The summed E-state index contributed by atoms with van der Waals surface area (Å²) >= 11 is 4.06. The number of thiazole rings is 2. The van der Waals surface area contributed by atoms with Gasteiger partial charge in [0.2, 0.25) is 5.51 Å². The van der Waals surface area contributed by atoms with E-state index in [4.69, 9.17) is 10.6 Å². The van der Waals surface area contributed by atoms with Crippen LogP contribution in [0.3, 0.4) is 0 Å². The molecule has 0 saturated carbocycles. The Morgan fingerprint density at radius 2 is 2.25 bits per heavy atom. The second-order valence-electron chi connectivity index (χ2n) is 6.94. The molecule has 2 aliphatic rings. The Morgan fingerprint density at radius 1 is 1.47 bits per heavy atom. The average Bonchev–Trinajstić information content (AvgIpc) is 3.37. The first-order chi connectivity index (χ1) is 15.3. The Labute approximate surface area is 194 Å². The molecule has 11 nitrogen and oxygen atoms in total. The number of nitrogens with two attached hydrogens (primary N) is 1. The van der Waals surface area contributed by atoms with Crippen molar-refractivity contribution >= 4 is 63.1 Å². The summed E-state index contributed by atoms with van der Waals surface area (Å²) in [5.41, 5.74) is 9.26. The predicted molar refractivity (Wildman–Crippen MR) is 119 cm³/mol. The van der Waals surface area contributed by atoms with E-state index in [1.54, 1.807) is 5.38 Å². The number of rotatable bonds is 7. The van der Waals surface area contributed by atoms with Gasteiger partial charge in [-0.3, -0.25) is 14.5 Å². The number of amides is 2. The lowest BCUT2D eigenvalue weighted by atomic mass is 10.0. The highest BCUT2D eigenvalue weighted by Crippen LogP contribution is 2.40. The molecule has 0 spiro atoms. The first-order valence-electron chi connectivity index (χ1n) is 9.27. The molecule has 4 heterocycles. The third-order valence-corrected chi connectivity index (χ3v) is 7.81. The fourth-order valence-corrected chi connectivity index (χ4v) is 6.09. The Balaban J connectivity index is 1.54. The molecule has 1 fully saturated rings. The van der Waals surface area contributed by atoms with Crippen LogP contribution in [0.4, 0.5) is 5.13 Å². The van der Waals surface area contributed by atoms with Crippen molar-refractivity contribution in [2.24, 2.45) is 5.16 Å². The van der Waals surface area contributed by atoms with Gasteiger partial charge in [-0.2, -0.15) is 4.57 Å². The summed E-state index contributed by atoms with van der Waals surface area (Å²) in [5, 5.41) is 19.4. The van der Waals surface area contributed by atoms with E-state index in [-0.39, 0.29) is 22.2 Å². The van der Waals surface area contributed by atoms with Crippen molar-refractivity contribution in [1.29, 1.82) is 0 Å². The number of carbonyl (C=O) groups excluding carboxylic acids is 2. The quantitative estimate of drug-likeness (QED) is 0.213. The molecule has 2 aromatic heterocycles. The van der Waals surface area contributed by atoms with Crippen molar-refractivity contribution < 1.29 is 28.9 Å². The maximum Gasteiger partial charge on any atom is 0.352 e. The number of nitrogens with zero attached hydrogens (tertiary/aromatic N) is 4. The summed E-state index contributed by atoms with van der Waals surface area (Å²) < 4.78 is 1.94. The molecule has 32 heavy (non-hydrogen) atoms. The molecule has 2 atom stereocenters. The van der Waals surface area contributed by atoms with Crippen molar-refractivity contribution in [2.75, 3.05) is 18.6 Å². The lowest BCUT2D eigenvalue weighted by Crippen LogP contribution is -2.71. The monoisotopic (exact) mass is 495 g/mol. The summed E-state index contributed by atoms with van der Waals surface area (Å²) in [6.07, 6.45) is 0. The number of β-lactam (4-membered cyclic amide) rings is 1. The summed E-state index contributed by atoms with van der Waals surface area (Å²) in [4.78, 5) is 47.7. The number of anilines is 1. The third-order valence-electron chi connectivity index (χ3n) is 4.94. The van der Waals surface area contributed by atoms with Gasteiger partial charge in [-0.25, -0.2) is 9.78 Å². The Hall–Kier alpha value is -2.97. The van der Waals surface area contributed by atoms with E-state index in [1.165, 1.54) is 35.1 Å². The SMILES string of the molecule is CON=C(C(=O)N[C@@H]1C(=O)N2C(C(=O)O)=C(C[n+]3cscc3C)CS[C@@H]12)c1csc(N)n1.